The molecule has 7 nitrogen and oxygen atoms in total. The quantitative estimate of drug-likeness (QED) is 0.507. The lowest BCUT2D eigenvalue weighted by Gasteiger charge is -2.08. The molecule has 0 aliphatic rings. The van der Waals surface area contributed by atoms with Crippen LogP contribution in [0.3, 0.4) is 0 Å². The van der Waals surface area contributed by atoms with Crippen molar-refractivity contribution in [1.29, 1.82) is 0 Å². The van der Waals surface area contributed by atoms with E-state index in [4.69, 9.17) is 0 Å². The molecule has 0 bridgehead atoms. The number of fused-ring (bicyclic) bond motifs is 1. The van der Waals surface area contributed by atoms with Crippen LogP contribution in [0.4, 0.5) is 10.1 Å². The SMILES string of the molecule is O=C(CSc1nnc2[nH]c(=O)cc(-c3ccccc3)n12)Nc1cccc(F)c1. The predicted octanol–water partition coefficient (Wildman–Crippen LogP) is 2.95. The number of hydrogen-bond donors (Lipinski definition) is 2. The number of amides is 1. The first kappa shape index (κ1) is 17.9. The van der Waals surface area contributed by atoms with Crippen molar-refractivity contribution in [2.45, 2.75) is 5.16 Å². The second kappa shape index (κ2) is 7.65. The maximum absolute atomic E-state index is 13.2. The van der Waals surface area contributed by atoms with E-state index in [-0.39, 0.29) is 17.2 Å². The maximum Gasteiger partial charge on any atom is 0.252 e. The van der Waals surface area contributed by atoms with Crippen molar-refractivity contribution in [2.75, 3.05) is 11.1 Å². The summed E-state index contributed by atoms with van der Waals surface area (Å²) in [5.41, 5.74) is 1.53. The van der Waals surface area contributed by atoms with Gasteiger partial charge in [-0.25, -0.2) is 4.39 Å². The summed E-state index contributed by atoms with van der Waals surface area (Å²) in [5.74, 6) is -0.396. The number of aromatic nitrogens is 4. The Balaban J connectivity index is 1.59. The van der Waals surface area contributed by atoms with Crippen LogP contribution in [0.2, 0.25) is 0 Å². The smallest absolute Gasteiger partial charge is 0.252 e. The van der Waals surface area contributed by atoms with Crippen molar-refractivity contribution in [3.8, 4) is 11.3 Å². The summed E-state index contributed by atoms with van der Waals surface area (Å²) in [4.78, 5) is 26.8. The molecule has 2 aromatic heterocycles. The minimum absolute atomic E-state index is 0.0463. The number of thioether (sulfide) groups is 1. The molecule has 0 unspecified atom stereocenters. The number of halogens is 1. The third kappa shape index (κ3) is 3.79. The number of nitrogens with one attached hydrogen (secondary N) is 2. The van der Waals surface area contributed by atoms with E-state index in [1.54, 1.807) is 10.5 Å². The lowest BCUT2D eigenvalue weighted by Crippen LogP contribution is -2.14. The summed E-state index contributed by atoms with van der Waals surface area (Å²) in [6.45, 7) is 0. The highest BCUT2D eigenvalue weighted by Gasteiger charge is 2.15. The summed E-state index contributed by atoms with van der Waals surface area (Å²) >= 11 is 1.16. The summed E-state index contributed by atoms with van der Waals surface area (Å²) in [7, 11) is 0. The van der Waals surface area contributed by atoms with Crippen LogP contribution >= 0.6 is 11.8 Å². The first-order valence-corrected chi connectivity index (χ1v) is 9.31. The van der Waals surface area contributed by atoms with Crippen LogP contribution in [0.1, 0.15) is 0 Å². The summed E-state index contributed by atoms with van der Waals surface area (Å²) < 4.78 is 14.9. The Bertz CT molecular complexity index is 1210. The van der Waals surface area contributed by atoms with Crippen molar-refractivity contribution < 1.29 is 9.18 Å². The summed E-state index contributed by atoms with van der Waals surface area (Å²) in [5, 5.41) is 11.2. The number of carbonyl (C=O) groups excluding carboxylic acids is 1. The molecule has 4 aromatic rings. The van der Waals surface area contributed by atoms with Gasteiger partial charge in [-0.15, -0.1) is 10.2 Å². The van der Waals surface area contributed by atoms with Crippen molar-refractivity contribution >= 4 is 29.1 Å². The molecule has 4 rings (SSSR count). The van der Waals surface area contributed by atoms with E-state index < -0.39 is 5.82 Å². The Hall–Kier alpha value is -3.46. The molecule has 0 aliphatic carbocycles. The van der Waals surface area contributed by atoms with Gasteiger partial charge in [0, 0.05) is 11.8 Å². The zero-order valence-electron chi connectivity index (χ0n) is 14.4. The minimum atomic E-state index is -0.426. The van der Waals surface area contributed by atoms with Gasteiger partial charge >= 0.3 is 0 Å². The number of nitrogens with zero attached hydrogens (tertiary/aromatic N) is 3. The van der Waals surface area contributed by atoms with E-state index in [0.717, 1.165) is 17.3 Å². The van der Waals surface area contributed by atoms with Gasteiger partial charge in [-0.1, -0.05) is 48.2 Å². The fourth-order valence-electron chi connectivity index (χ4n) is 2.71. The Morgan fingerprint density at radius 1 is 1.11 bits per heavy atom. The molecular formula is C19H14FN5O2S. The molecular weight excluding hydrogens is 381 g/mol. The van der Waals surface area contributed by atoms with E-state index in [1.165, 1.54) is 24.3 Å². The van der Waals surface area contributed by atoms with Gasteiger partial charge < -0.3 is 5.32 Å². The second-order valence-corrected chi connectivity index (χ2v) is 6.82. The summed E-state index contributed by atoms with van der Waals surface area (Å²) in [6.07, 6.45) is 0. The molecule has 0 saturated heterocycles. The van der Waals surface area contributed by atoms with Crippen molar-refractivity contribution in [1.82, 2.24) is 19.6 Å². The number of carbonyl (C=O) groups is 1. The molecule has 0 spiro atoms. The molecule has 140 valence electrons. The van der Waals surface area contributed by atoms with Gasteiger partial charge in [-0.05, 0) is 23.8 Å². The van der Waals surface area contributed by atoms with Gasteiger partial charge in [-0.2, -0.15) is 0 Å². The molecule has 0 atom stereocenters. The molecule has 2 N–H and O–H groups in total. The first-order chi connectivity index (χ1) is 13.6. The molecule has 0 saturated carbocycles. The topological polar surface area (TPSA) is 92.2 Å². The van der Waals surface area contributed by atoms with E-state index in [1.807, 2.05) is 30.3 Å². The summed E-state index contributed by atoms with van der Waals surface area (Å²) in [6, 6.07) is 16.5. The van der Waals surface area contributed by atoms with Crippen LogP contribution in [0.25, 0.3) is 17.0 Å². The third-order valence-electron chi connectivity index (χ3n) is 3.89. The van der Waals surface area contributed by atoms with E-state index in [9.17, 15) is 14.0 Å². The maximum atomic E-state index is 13.2. The molecule has 0 aliphatic heterocycles. The lowest BCUT2D eigenvalue weighted by molar-refractivity contribution is -0.113. The average Bonchev–Trinajstić information content (AvgIpc) is 3.09. The highest BCUT2D eigenvalue weighted by molar-refractivity contribution is 7.99. The van der Waals surface area contributed by atoms with Crippen LogP contribution in [0, 0.1) is 5.82 Å². The van der Waals surface area contributed by atoms with Crippen LogP contribution in [0.15, 0.2) is 70.6 Å². The van der Waals surface area contributed by atoms with Crippen LogP contribution in [0.5, 0.6) is 0 Å². The number of anilines is 1. The third-order valence-corrected chi connectivity index (χ3v) is 4.82. The highest BCUT2D eigenvalue weighted by atomic mass is 32.2. The van der Waals surface area contributed by atoms with E-state index in [0.29, 0.717) is 22.3 Å². The normalized spacial score (nSPS) is 10.9. The van der Waals surface area contributed by atoms with Crippen molar-refractivity contribution in [3.05, 3.63) is 76.8 Å². The number of aromatic amines is 1. The van der Waals surface area contributed by atoms with Crippen molar-refractivity contribution in [2.24, 2.45) is 0 Å². The zero-order valence-corrected chi connectivity index (χ0v) is 15.2. The monoisotopic (exact) mass is 395 g/mol. The van der Waals surface area contributed by atoms with Gasteiger partial charge in [0.2, 0.25) is 11.7 Å². The van der Waals surface area contributed by atoms with Crippen LogP contribution in [-0.4, -0.2) is 31.2 Å². The first-order valence-electron chi connectivity index (χ1n) is 8.32. The highest BCUT2D eigenvalue weighted by Crippen LogP contribution is 2.24. The largest absolute Gasteiger partial charge is 0.325 e. The molecule has 0 radical (unpaired) electrons. The molecule has 2 heterocycles. The van der Waals surface area contributed by atoms with Crippen LogP contribution in [-0.2, 0) is 4.79 Å². The van der Waals surface area contributed by atoms with E-state index >= 15 is 0 Å². The number of benzene rings is 2. The Labute approximate surface area is 162 Å². The average molecular weight is 395 g/mol. The predicted molar refractivity (Wildman–Crippen MR) is 105 cm³/mol. The molecule has 28 heavy (non-hydrogen) atoms. The number of H-pyrrole nitrogens is 1. The number of rotatable bonds is 5. The van der Waals surface area contributed by atoms with Gasteiger partial charge in [0.05, 0.1) is 11.4 Å². The standard InChI is InChI=1S/C19H14FN5O2S/c20-13-7-4-8-14(9-13)21-17(27)11-28-19-24-23-18-22-16(26)10-15(25(18)19)12-5-2-1-3-6-12/h1-10H,11H2,(H,21,27)(H,22,23,26). The zero-order chi connectivity index (χ0) is 19.5. The lowest BCUT2D eigenvalue weighted by atomic mass is 10.1. The Kier molecular flexibility index (Phi) is 4.90. The Morgan fingerprint density at radius 2 is 1.93 bits per heavy atom. The molecule has 2 aromatic carbocycles. The van der Waals surface area contributed by atoms with Gasteiger partial charge in [0.25, 0.3) is 5.56 Å². The number of hydrogen-bond acceptors (Lipinski definition) is 5. The molecule has 1 amide bonds. The van der Waals surface area contributed by atoms with Gasteiger partial charge in [0.15, 0.2) is 5.16 Å². The Morgan fingerprint density at radius 3 is 2.71 bits per heavy atom. The minimum Gasteiger partial charge on any atom is -0.325 e. The van der Waals surface area contributed by atoms with Gasteiger partial charge in [0.1, 0.15) is 5.82 Å². The second-order valence-electron chi connectivity index (χ2n) is 5.87. The van der Waals surface area contributed by atoms with E-state index in [2.05, 4.69) is 20.5 Å². The van der Waals surface area contributed by atoms with Crippen LogP contribution < -0.4 is 10.9 Å². The van der Waals surface area contributed by atoms with Crippen molar-refractivity contribution in [3.63, 3.8) is 0 Å². The fourth-order valence-corrected chi connectivity index (χ4v) is 3.46. The fraction of sp³-hybridized carbons (Fsp3) is 0.0526. The van der Waals surface area contributed by atoms with Gasteiger partial charge in [-0.3, -0.25) is 19.0 Å². The molecule has 9 heteroatoms. The molecule has 0 fully saturated rings.